The number of nitrogens with one attached hydrogen (secondary N) is 2. The molecule has 0 aliphatic heterocycles. The number of aromatic nitrogens is 2. The van der Waals surface area contributed by atoms with E-state index in [0.717, 1.165) is 11.1 Å². The van der Waals surface area contributed by atoms with Gasteiger partial charge in [-0.1, -0.05) is 28.8 Å². The Morgan fingerprint density at radius 1 is 1.10 bits per heavy atom. The molecule has 0 atom stereocenters. The lowest BCUT2D eigenvalue weighted by molar-refractivity contribution is 0.0977. The number of carbonyl (C=O) groups excluding carboxylic acids is 1. The lowest BCUT2D eigenvalue weighted by Gasteiger charge is -2.11. The van der Waals surface area contributed by atoms with Crippen LogP contribution >= 0.6 is 23.8 Å². The molecule has 0 aliphatic carbocycles. The van der Waals surface area contributed by atoms with Crippen LogP contribution in [-0.4, -0.2) is 21.0 Å². The van der Waals surface area contributed by atoms with Crippen molar-refractivity contribution in [3.05, 3.63) is 76.4 Å². The van der Waals surface area contributed by atoms with Gasteiger partial charge in [0.1, 0.15) is 0 Å². The lowest BCUT2D eigenvalue weighted by atomic mass is 10.1. The van der Waals surface area contributed by atoms with Crippen molar-refractivity contribution in [3.63, 3.8) is 0 Å². The number of hydrogen-bond donors (Lipinski definition) is 2. The van der Waals surface area contributed by atoms with Crippen molar-refractivity contribution < 1.29 is 9.21 Å². The van der Waals surface area contributed by atoms with Gasteiger partial charge in [0.05, 0.1) is 10.6 Å². The normalized spacial score (nSPS) is 10.8. The van der Waals surface area contributed by atoms with Crippen LogP contribution in [0.1, 0.15) is 21.5 Å². The van der Waals surface area contributed by atoms with E-state index in [1.54, 1.807) is 36.5 Å². The second-order valence-corrected chi connectivity index (χ2v) is 7.64. The topological polar surface area (TPSA) is 80.0 Å². The van der Waals surface area contributed by atoms with Crippen LogP contribution in [0.15, 0.2) is 59.1 Å². The Bertz CT molecular complexity index is 1230. The number of thiocarbonyl (C=S) groups is 1. The molecule has 0 unspecified atom stereocenters. The number of amides is 1. The molecule has 2 N–H and O–H groups in total. The summed E-state index contributed by atoms with van der Waals surface area (Å²) in [5.74, 6) is 0.0704. The number of rotatable bonds is 3. The molecule has 4 rings (SSSR count). The van der Waals surface area contributed by atoms with E-state index in [-0.39, 0.29) is 11.0 Å². The van der Waals surface area contributed by atoms with E-state index in [0.29, 0.717) is 39.0 Å². The van der Waals surface area contributed by atoms with Crippen molar-refractivity contribution in [3.8, 4) is 11.5 Å². The molecule has 6 nitrogen and oxygen atoms in total. The van der Waals surface area contributed by atoms with E-state index in [2.05, 4.69) is 20.6 Å². The van der Waals surface area contributed by atoms with Crippen molar-refractivity contribution in [2.75, 3.05) is 5.32 Å². The Balaban J connectivity index is 1.52. The summed E-state index contributed by atoms with van der Waals surface area (Å²) in [7, 11) is 0. The third-order valence-corrected chi connectivity index (χ3v) is 4.86. The second kappa shape index (κ2) is 8.22. The first-order chi connectivity index (χ1) is 14.4. The van der Waals surface area contributed by atoms with Crippen LogP contribution in [0, 0.1) is 13.8 Å². The summed E-state index contributed by atoms with van der Waals surface area (Å²) < 4.78 is 5.75. The molecule has 1 amide bonds. The van der Waals surface area contributed by atoms with Crippen molar-refractivity contribution in [1.29, 1.82) is 0 Å². The van der Waals surface area contributed by atoms with Crippen molar-refractivity contribution >= 4 is 51.8 Å². The van der Waals surface area contributed by atoms with Gasteiger partial charge in [-0.2, -0.15) is 4.98 Å². The number of anilines is 1. The van der Waals surface area contributed by atoms with Crippen LogP contribution in [0.5, 0.6) is 0 Å². The Hall–Kier alpha value is -3.29. The van der Waals surface area contributed by atoms with E-state index in [1.807, 2.05) is 32.0 Å². The highest BCUT2D eigenvalue weighted by Gasteiger charge is 2.14. The molecule has 30 heavy (non-hydrogen) atoms. The third kappa shape index (κ3) is 4.32. The van der Waals surface area contributed by atoms with Gasteiger partial charge in [-0.25, -0.2) is 4.98 Å². The van der Waals surface area contributed by atoms with Gasteiger partial charge in [0, 0.05) is 17.4 Å². The van der Waals surface area contributed by atoms with Gasteiger partial charge < -0.3 is 9.73 Å². The molecule has 2 aromatic carbocycles. The minimum atomic E-state index is -0.279. The fourth-order valence-corrected chi connectivity index (χ4v) is 3.50. The van der Waals surface area contributed by atoms with E-state index < -0.39 is 0 Å². The summed E-state index contributed by atoms with van der Waals surface area (Å²) in [6, 6.07) is 14.4. The maximum atomic E-state index is 12.5. The summed E-state index contributed by atoms with van der Waals surface area (Å²) in [6.45, 7) is 3.88. The largest absolute Gasteiger partial charge is 0.434 e. The predicted molar refractivity (Wildman–Crippen MR) is 122 cm³/mol. The Kier molecular flexibility index (Phi) is 5.48. The molecular weight excluding hydrogens is 420 g/mol. The van der Waals surface area contributed by atoms with Crippen molar-refractivity contribution in [2.45, 2.75) is 13.8 Å². The van der Waals surface area contributed by atoms with Crippen LogP contribution < -0.4 is 10.6 Å². The van der Waals surface area contributed by atoms with Gasteiger partial charge in [-0.15, -0.1) is 0 Å². The van der Waals surface area contributed by atoms with Crippen molar-refractivity contribution in [2.24, 2.45) is 0 Å². The molecule has 0 bridgehead atoms. The van der Waals surface area contributed by atoms with Crippen LogP contribution in [0.3, 0.4) is 0 Å². The number of halogens is 1. The molecule has 0 radical (unpaired) electrons. The highest BCUT2D eigenvalue weighted by molar-refractivity contribution is 7.80. The number of hydrogen-bond acceptors (Lipinski definition) is 5. The molecule has 0 aliphatic rings. The van der Waals surface area contributed by atoms with Crippen LogP contribution in [0.2, 0.25) is 5.02 Å². The average molecular weight is 437 g/mol. The Morgan fingerprint density at radius 3 is 2.60 bits per heavy atom. The summed E-state index contributed by atoms with van der Waals surface area (Å²) in [6.07, 6.45) is 1.64. The highest BCUT2D eigenvalue weighted by atomic mass is 35.5. The molecular formula is C22H17ClN4O2S. The minimum absolute atomic E-state index is 0.173. The van der Waals surface area contributed by atoms with E-state index in [1.165, 1.54) is 0 Å². The predicted octanol–water partition coefficient (Wildman–Crippen LogP) is 5.29. The summed E-state index contributed by atoms with van der Waals surface area (Å²) in [4.78, 5) is 21.0. The first kappa shape index (κ1) is 20.0. The molecule has 0 saturated carbocycles. The quantitative estimate of drug-likeness (QED) is 0.425. The number of fused-ring (bicyclic) bond motifs is 1. The second-order valence-electron chi connectivity index (χ2n) is 6.82. The third-order valence-electron chi connectivity index (χ3n) is 4.33. The maximum Gasteiger partial charge on any atom is 0.257 e. The average Bonchev–Trinajstić information content (AvgIpc) is 3.12. The van der Waals surface area contributed by atoms with Crippen LogP contribution in [-0.2, 0) is 0 Å². The molecule has 8 heteroatoms. The zero-order valence-corrected chi connectivity index (χ0v) is 17.8. The van der Waals surface area contributed by atoms with Crippen LogP contribution in [0.4, 0.5) is 5.69 Å². The van der Waals surface area contributed by atoms with Gasteiger partial charge in [0.2, 0.25) is 5.89 Å². The molecule has 2 aromatic heterocycles. The SMILES string of the molecule is Cc1cc(C)cc(C(=O)NC(=S)Nc2ccc(Cl)c(-c3nc4ncccc4o3)c2)c1. The number of nitrogens with zero attached hydrogens (tertiary/aromatic N) is 2. The molecule has 2 heterocycles. The first-order valence-electron chi connectivity index (χ1n) is 9.11. The van der Waals surface area contributed by atoms with Gasteiger partial charge >= 0.3 is 0 Å². The minimum Gasteiger partial charge on any atom is -0.434 e. The smallest absolute Gasteiger partial charge is 0.257 e. The van der Waals surface area contributed by atoms with E-state index in [9.17, 15) is 4.79 Å². The fourth-order valence-electron chi connectivity index (χ4n) is 3.09. The molecule has 4 aromatic rings. The standard InChI is InChI=1S/C22H17ClN4O2S/c1-12-8-13(2)10-14(9-12)20(28)27-22(30)25-15-5-6-17(23)16(11-15)21-26-19-18(29-21)4-3-7-24-19/h3-11H,1-2H3,(H2,25,27,28,30). The molecule has 150 valence electrons. The molecule has 0 fully saturated rings. The van der Waals surface area contributed by atoms with Gasteiger partial charge in [0.15, 0.2) is 16.3 Å². The zero-order chi connectivity index (χ0) is 21.3. The number of pyridine rings is 1. The zero-order valence-electron chi connectivity index (χ0n) is 16.2. The monoisotopic (exact) mass is 436 g/mol. The highest BCUT2D eigenvalue weighted by Crippen LogP contribution is 2.31. The maximum absolute atomic E-state index is 12.5. The van der Waals surface area contributed by atoms with Gasteiger partial charge in [0.25, 0.3) is 5.91 Å². The fraction of sp³-hybridized carbons (Fsp3) is 0.0909. The van der Waals surface area contributed by atoms with Crippen LogP contribution in [0.25, 0.3) is 22.7 Å². The van der Waals surface area contributed by atoms with E-state index >= 15 is 0 Å². The summed E-state index contributed by atoms with van der Waals surface area (Å²) >= 11 is 11.6. The summed E-state index contributed by atoms with van der Waals surface area (Å²) in [5, 5.41) is 6.34. The summed E-state index contributed by atoms with van der Waals surface area (Å²) in [5.41, 5.74) is 4.85. The number of benzene rings is 2. The van der Waals surface area contributed by atoms with E-state index in [4.69, 9.17) is 28.2 Å². The Morgan fingerprint density at radius 2 is 1.87 bits per heavy atom. The molecule has 0 saturated heterocycles. The van der Waals surface area contributed by atoms with Crippen molar-refractivity contribution in [1.82, 2.24) is 15.3 Å². The van der Waals surface area contributed by atoms with Gasteiger partial charge in [-0.05, 0) is 68.5 Å². The Labute approximate surface area is 183 Å². The number of carbonyl (C=O) groups is 1. The number of aryl methyl sites for hydroxylation is 2. The first-order valence-corrected chi connectivity index (χ1v) is 9.90. The number of oxazole rings is 1. The van der Waals surface area contributed by atoms with Gasteiger partial charge in [-0.3, -0.25) is 10.1 Å². The molecule has 0 spiro atoms. The lowest BCUT2D eigenvalue weighted by Crippen LogP contribution is -2.34.